The van der Waals surface area contributed by atoms with Gasteiger partial charge in [0.25, 0.3) is 0 Å². The third-order valence-corrected chi connectivity index (χ3v) is 6.45. The Morgan fingerprint density at radius 2 is 1.93 bits per heavy atom. The number of rotatable bonds is 5. The fourth-order valence-electron chi connectivity index (χ4n) is 4.40. The number of benzene rings is 1. The van der Waals surface area contributed by atoms with Gasteiger partial charge in [-0.25, -0.2) is 0 Å². The standard InChI is InChI=1S/C23H36ClN5O/c1-18(2)29-9-5-7-20(17-29)16-26-23(25-3)28-12-10-27(11-13-28)22(30)15-19-6-4-8-21(24)14-19/h4,6,8,14,18,20H,5,7,9-13,15-17H2,1-3H3,(H,25,26). The SMILES string of the molecule is CN=C(NCC1CCCN(C(C)C)C1)N1CCN(C(=O)Cc2cccc(Cl)c2)CC1. The Kier molecular flexibility index (Phi) is 8.40. The molecular weight excluding hydrogens is 398 g/mol. The predicted molar refractivity (Wildman–Crippen MR) is 124 cm³/mol. The first-order chi connectivity index (χ1) is 14.5. The summed E-state index contributed by atoms with van der Waals surface area (Å²) in [6.45, 7) is 11.0. The molecular formula is C23H36ClN5O. The molecule has 0 radical (unpaired) electrons. The summed E-state index contributed by atoms with van der Waals surface area (Å²) in [6, 6.07) is 8.17. The van der Waals surface area contributed by atoms with Gasteiger partial charge in [0.1, 0.15) is 0 Å². The number of carbonyl (C=O) groups is 1. The summed E-state index contributed by atoms with van der Waals surface area (Å²) >= 11 is 6.04. The van der Waals surface area contributed by atoms with Gasteiger partial charge in [-0.15, -0.1) is 0 Å². The Morgan fingerprint density at radius 1 is 1.20 bits per heavy atom. The van der Waals surface area contributed by atoms with Crippen LogP contribution in [0.2, 0.25) is 5.02 Å². The Balaban J connectivity index is 1.44. The summed E-state index contributed by atoms with van der Waals surface area (Å²) in [5.74, 6) is 1.79. The molecule has 1 amide bonds. The molecule has 1 N–H and O–H groups in total. The van der Waals surface area contributed by atoms with Crippen molar-refractivity contribution in [2.24, 2.45) is 10.9 Å². The van der Waals surface area contributed by atoms with Crippen molar-refractivity contribution in [3.63, 3.8) is 0 Å². The molecule has 0 bridgehead atoms. The van der Waals surface area contributed by atoms with E-state index in [1.807, 2.05) is 36.2 Å². The Hall–Kier alpha value is -1.79. The van der Waals surface area contributed by atoms with Crippen LogP contribution in [0.4, 0.5) is 0 Å². The van der Waals surface area contributed by atoms with Crippen LogP contribution in [0, 0.1) is 5.92 Å². The molecule has 0 saturated carbocycles. The summed E-state index contributed by atoms with van der Waals surface area (Å²) in [7, 11) is 1.85. The highest BCUT2D eigenvalue weighted by Gasteiger charge is 2.25. The molecule has 0 aromatic heterocycles. The largest absolute Gasteiger partial charge is 0.356 e. The molecule has 1 atom stereocenters. The van der Waals surface area contributed by atoms with Crippen LogP contribution in [0.5, 0.6) is 0 Å². The maximum absolute atomic E-state index is 12.7. The van der Waals surface area contributed by atoms with Crippen LogP contribution >= 0.6 is 11.6 Å². The van der Waals surface area contributed by atoms with Crippen molar-refractivity contribution < 1.29 is 4.79 Å². The van der Waals surface area contributed by atoms with Crippen molar-refractivity contribution in [1.29, 1.82) is 0 Å². The third kappa shape index (κ3) is 6.35. The minimum absolute atomic E-state index is 0.163. The van der Waals surface area contributed by atoms with Gasteiger partial charge in [0.05, 0.1) is 6.42 Å². The second kappa shape index (κ2) is 11.0. The second-order valence-electron chi connectivity index (χ2n) is 8.70. The number of piperidine rings is 1. The van der Waals surface area contributed by atoms with Gasteiger partial charge in [-0.2, -0.15) is 0 Å². The molecule has 30 heavy (non-hydrogen) atoms. The van der Waals surface area contributed by atoms with Crippen LogP contribution in [0.25, 0.3) is 0 Å². The molecule has 3 rings (SSSR count). The summed E-state index contributed by atoms with van der Waals surface area (Å²) in [5, 5.41) is 4.27. The van der Waals surface area contributed by atoms with E-state index >= 15 is 0 Å². The second-order valence-corrected chi connectivity index (χ2v) is 9.14. The van der Waals surface area contributed by atoms with E-state index in [-0.39, 0.29) is 5.91 Å². The van der Waals surface area contributed by atoms with Gasteiger partial charge < -0.3 is 20.0 Å². The van der Waals surface area contributed by atoms with Crippen molar-refractivity contribution in [1.82, 2.24) is 20.0 Å². The number of carbonyl (C=O) groups excluding carboxylic acids is 1. The number of guanidine groups is 1. The van der Waals surface area contributed by atoms with Crippen molar-refractivity contribution in [2.45, 2.75) is 39.2 Å². The zero-order valence-corrected chi connectivity index (χ0v) is 19.4. The molecule has 0 aliphatic carbocycles. The highest BCUT2D eigenvalue weighted by Crippen LogP contribution is 2.18. The first kappa shape index (κ1) is 22.9. The van der Waals surface area contributed by atoms with E-state index in [0.29, 0.717) is 23.4 Å². The fourth-order valence-corrected chi connectivity index (χ4v) is 4.61. The average Bonchev–Trinajstić information content (AvgIpc) is 2.75. The van der Waals surface area contributed by atoms with Gasteiger partial charge in [-0.3, -0.25) is 9.79 Å². The highest BCUT2D eigenvalue weighted by atomic mass is 35.5. The molecule has 2 heterocycles. The molecule has 2 aliphatic rings. The lowest BCUT2D eigenvalue weighted by molar-refractivity contribution is -0.131. The van der Waals surface area contributed by atoms with E-state index in [1.165, 1.54) is 19.4 Å². The van der Waals surface area contributed by atoms with Crippen LogP contribution in [0.1, 0.15) is 32.3 Å². The Labute approximate surface area is 186 Å². The number of amides is 1. The van der Waals surface area contributed by atoms with E-state index < -0.39 is 0 Å². The number of hydrogen-bond acceptors (Lipinski definition) is 3. The monoisotopic (exact) mass is 433 g/mol. The van der Waals surface area contributed by atoms with E-state index in [9.17, 15) is 4.79 Å². The van der Waals surface area contributed by atoms with Gasteiger partial charge >= 0.3 is 0 Å². The number of likely N-dealkylation sites (tertiary alicyclic amines) is 1. The first-order valence-corrected chi connectivity index (χ1v) is 11.6. The zero-order valence-electron chi connectivity index (χ0n) is 18.6. The highest BCUT2D eigenvalue weighted by molar-refractivity contribution is 6.30. The van der Waals surface area contributed by atoms with Gasteiger partial charge in [0.15, 0.2) is 5.96 Å². The summed E-state index contributed by atoms with van der Waals surface area (Å²) in [4.78, 5) is 23.9. The lowest BCUT2D eigenvalue weighted by atomic mass is 9.97. The smallest absolute Gasteiger partial charge is 0.227 e. The number of hydrogen-bond donors (Lipinski definition) is 1. The van der Waals surface area contributed by atoms with Crippen molar-refractivity contribution in [3.05, 3.63) is 34.9 Å². The molecule has 2 aliphatic heterocycles. The van der Waals surface area contributed by atoms with E-state index in [2.05, 4.69) is 34.0 Å². The van der Waals surface area contributed by atoms with Crippen molar-refractivity contribution >= 4 is 23.5 Å². The Morgan fingerprint density at radius 3 is 2.60 bits per heavy atom. The van der Waals surface area contributed by atoms with Gasteiger partial charge in [-0.1, -0.05) is 23.7 Å². The molecule has 7 heteroatoms. The van der Waals surface area contributed by atoms with Gasteiger partial charge in [0, 0.05) is 57.4 Å². The van der Waals surface area contributed by atoms with Crippen molar-refractivity contribution in [2.75, 3.05) is 52.9 Å². The van der Waals surface area contributed by atoms with Gasteiger partial charge in [0.2, 0.25) is 5.91 Å². The van der Waals surface area contributed by atoms with Crippen LogP contribution in [-0.4, -0.2) is 85.5 Å². The zero-order chi connectivity index (χ0) is 21.5. The maximum Gasteiger partial charge on any atom is 0.227 e. The lowest BCUT2D eigenvalue weighted by Gasteiger charge is -2.38. The number of nitrogens with zero attached hydrogens (tertiary/aromatic N) is 4. The number of piperazine rings is 1. The minimum atomic E-state index is 0.163. The van der Waals surface area contributed by atoms with Crippen LogP contribution in [-0.2, 0) is 11.2 Å². The summed E-state index contributed by atoms with van der Waals surface area (Å²) < 4.78 is 0. The topological polar surface area (TPSA) is 51.2 Å². The predicted octanol–water partition coefficient (Wildman–Crippen LogP) is 2.72. The summed E-state index contributed by atoms with van der Waals surface area (Å²) in [6.07, 6.45) is 2.96. The average molecular weight is 434 g/mol. The molecule has 2 fully saturated rings. The van der Waals surface area contributed by atoms with E-state index in [0.717, 1.165) is 50.8 Å². The summed E-state index contributed by atoms with van der Waals surface area (Å²) in [5.41, 5.74) is 0.968. The molecule has 1 unspecified atom stereocenters. The first-order valence-electron chi connectivity index (χ1n) is 11.2. The van der Waals surface area contributed by atoms with Crippen LogP contribution in [0.3, 0.4) is 0 Å². The third-order valence-electron chi connectivity index (χ3n) is 6.22. The van der Waals surface area contributed by atoms with Crippen molar-refractivity contribution in [3.8, 4) is 0 Å². The lowest BCUT2D eigenvalue weighted by Crippen LogP contribution is -2.55. The maximum atomic E-state index is 12.7. The Bertz CT molecular complexity index is 730. The fraction of sp³-hybridized carbons (Fsp3) is 0.652. The normalized spacial score (nSPS) is 21.2. The van der Waals surface area contributed by atoms with Crippen LogP contribution in [0.15, 0.2) is 29.3 Å². The number of halogens is 1. The molecule has 6 nitrogen and oxygen atoms in total. The molecule has 166 valence electrons. The van der Waals surface area contributed by atoms with E-state index in [1.54, 1.807) is 0 Å². The van der Waals surface area contributed by atoms with Gasteiger partial charge in [-0.05, 0) is 56.8 Å². The molecule has 2 saturated heterocycles. The quantitative estimate of drug-likeness (QED) is 0.573. The molecule has 0 spiro atoms. The number of nitrogens with one attached hydrogen (secondary N) is 1. The number of aliphatic imine (C=N–C) groups is 1. The molecule has 1 aromatic carbocycles. The van der Waals surface area contributed by atoms with E-state index in [4.69, 9.17) is 11.6 Å². The molecule has 1 aromatic rings. The minimum Gasteiger partial charge on any atom is -0.356 e. The van der Waals surface area contributed by atoms with Crippen LogP contribution < -0.4 is 5.32 Å².